The van der Waals surface area contributed by atoms with Crippen LogP contribution in [0.1, 0.15) is 30.6 Å². The number of nitrogens with one attached hydrogen (secondary N) is 1. The van der Waals surface area contributed by atoms with Crippen molar-refractivity contribution in [1.82, 2.24) is 9.88 Å². The Hall–Kier alpha value is -2.83. The zero-order valence-corrected chi connectivity index (χ0v) is 13.6. The number of pyridine rings is 1. The van der Waals surface area contributed by atoms with Gasteiger partial charge in [-0.1, -0.05) is 13.8 Å². The Morgan fingerprint density at radius 3 is 2.58 bits per heavy atom. The fourth-order valence-electron chi connectivity index (χ4n) is 2.34. The number of hydrogen-bond acceptors (Lipinski definition) is 4. The van der Waals surface area contributed by atoms with Gasteiger partial charge in [-0.25, -0.2) is 0 Å². The van der Waals surface area contributed by atoms with Crippen LogP contribution in [0.15, 0.2) is 39.7 Å². The van der Waals surface area contributed by atoms with Crippen LogP contribution in [0.2, 0.25) is 0 Å². The van der Waals surface area contributed by atoms with Gasteiger partial charge in [0, 0.05) is 13.1 Å². The number of aromatic nitrogens is 1. The average Bonchev–Trinajstić information content (AvgIpc) is 3.04. The fourth-order valence-corrected chi connectivity index (χ4v) is 2.34. The smallest absolute Gasteiger partial charge is 0.305 e. The summed E-state index contributed by atoms with van der Waals surface area (Å²) in [4.78, 5) is 39.6. The van der Waals surface area contributed by atoms with Crippen LogP contribution in [-0.4, -0.2) is 40.0 Å². The Morgan fingerprint density at radius 2 is 2.04 bits per heavy atom. The Balaban J connectivity index is 2.25. The molecule has 24 heavy (non-hydrogen) atoms. The molecule has 0 fully saturated rings. The van der Waals surface area contributed by atoms with Gasteiger partial charge in [-0.3, -0.25) is 14.4 Å². The second-order valence-electron chi connectivity index (χ2n) is 5.88. The summed E-state index contributed by atoms with van der Waals surface area (Å²) >= 11 is 0. The lowest BCUT2D eigenvalue weighted by Crippen LogP contribution is -2.38. The number of aliphatic carboxylic acids is 1. The maximum Gasteiger partial charge on any atom is 0.305 e. The Labute approximate surface area is 138 Å². The van der Waals surface area contributed by atoms with Gasteiger partial charge in [0.1, 0.15) is 11.3 Å². The standard InChI is InChI=1S/C17H20N2O5/c1-11(2)10-19(8-7-15(20)21)17(23)12-5-6-13(18-16(12)22)14-4-3-9-24-14/h3-6,9,11H,7-8,10H2,1-2H3,(H,18,22)(H,20,21). The van der Waals surface area contributed by atoms with E-state index in [1.807, 2.05) is 13.8 Å². The molecule has 0 aliphatic carbocycles. The van der Waals surface area contributed by atoms with Crippen LogP contribution >= 0.6 is 0 Å². The number of nitrogens with zero attached hydrogens (tertiary/aromatic N) is 1. The molecule has 7 heteroatoms. The highest BCUT2D eigenvalue weighted by Gasteiger charge is 2.21. The quantitative estimate of drug-likeness (QED) is 0.809. The second kappa shape index (κ2) is 7.63. The van der Waals surface area contributed by atoms with Crippen molar-refractivity contribution in [2.75, 3.05) is 13.1 Å². The molecule has 0 aromatic carbocycles. The monoisotopic (exact) mass is 332 g/mol. The number of rotatable bonds is 7. The van der Waals surface area contributed by atoms with E-state index in [0.717, 1.165) is 0 Å². The zero-order valence-electron chi connectivity index (χ0n) is 13.6. The number of H-pyrrole nitrogens is 1. The van der Waals surface area contributed by atoms with Crippen molar-refractivity contribution < 1.29 is 19.1 Å². The number of aromatic amines is 1. The first-order valence-corrected chi connectivity index (χ1v) is 7.66. The molecule has 2 rings (SSSR count). The largest absolute Gasteiger partial charge is 0.481 e. The highest BCUT2D eigenvalue weighted by molar-refractivity contribution is 5.94. The van der Waals surface area contributed by atoms with Crippen LogP contribution in [0.4, 0.5) is 0 Å². The van der Waals surface area contributed by atoms with Gasteiger partial charge in [-0.15, -0.1) is 0 Å². The molecule has 0 bridgehead atoms. The van der Waals surface area contributed by atoms with E-state index in [2.05, 4.69) is 4.98 Å². The van der Waals surface area contributed by atoms with E-state index < -0.39 is 17.4 Å². The summed E-state index contributed by atoms with van der Waals surface area (Å²) in [5.74, 6) is -0.809. The number of carbonyl (C=O) groups excluding carboxylic acids is 1. The Bertz CT molecular complexity index is 762. The molecule has 0 saturated carbocycles. The van der Waals surface area contributed by atoms with Gasteiger partial charge >= 0.3 is 5.97 Å². The molecule has 2 heterocycles. The summed E-state index contributed by atoms with van der Waals surface area (Å²) in [6.07, 6.45) is 1.32. The average molecular weight is 332 g/mol. The molecule has 2 aromatic heterocycles. The number of furan rings is 1. The predicted molar refractivity (Wildman–Crippen MR) is 87.8 cm³/mol. The van der Waals surface area contributed by atoms with E-state index in [0.29, 0.717) is 18.0 Å². The first-order valence-electron chi connectivity index (χ1n) is 7.66. The predicted octanol–water partition coefficient (Wildman–Crippen LogP) is 2.21. The van der Waals surface area contributed by atoms with Gasteiger partial charge in [0.25, 0.3) is 11.5 Å². The SMILES string of the molecule is CC(C)CN(CCC(=O)O)C(=O)c1ccc(-c2ccco2)[nH]c1=O. The number of carboxylic acid groups (broad SMARTS) is 1. The molecule has 0 aliphatic rings. The highest BCUT2D eigenvalue weighted by Crippen LogP contribution is 2.16. The van der Waals surface area contributed by atoms with E-state index in [1.54, 1.807) is 18.2 Å². The zero-order chi connectivity index (χ0) is 17.7. The van der Waals surface area contributed by atoms with E-state index in [-0.39, 0.29) is 24.4 Å². The maximum atomic E-state index is 12.6. The first kappa shape index (κ1) is 17.5. The lowest BCUT2D eigenvalue weighted by molar-refractivity contribution is -0.137. The molecular weight excluding hydrogens is 312 g/mol. The van der Waals surface area contributed by atoms with Crippen LogP contribution in [0, 0.1) is 5.92 Å². The molecule has 0 saturated heterocycles. The van der Waals surface area contributed by atoms with E-state index in [4.69, 9.17) is 9.52 Å². The molecule has 0 unspecified atom stereocenters. The normalized spacial score (nSPS) is 10.8. The fraction of sp³-hybridized carbons (Fsp3) is 0.353. The third-order valence-corrected chi connectivity index (χ3v) is 3.39. The number of carboxylic acids is 1. The van der Waals surface area contributed by atoms with Crippen molar-refractivity contribution >= 4 is 11.9 Å². The topological polar surface area (TPSA) is 104 Å². The van der Waals surface area contributed by atoms with E-state index in [9.17, 15) is 14.4 Å². The molecular formula is C17H20N2O5. The third-order valence-electron chi connectivity index (χ3n) is 3.39. The lowest BCUT2D eigenvalue weighted by atomic mass is 10.1. The molecule has 2 aromatic rings. The number of amides is 1. The minimum Gasteiger partial charge on any atom is -0.481 e. The molecule has 128 valence electrons. The Morgan fingerprint density at radius 1 is 1.29 bits per heavy atom. The summed E-state index contributed by atoms with van der Waals surface area (Å²) < 4.78 is 5.21. The van der Waals surface area contributed by atoms with Crippen molar-refractivity contribution in [3.63, 3.8) is 0 Å². The van der Waals surface area contributed by atoms with Crippen LogP contribution < -0.4 is 5.56 Å². The molecule has 7 nitrogen and oxygen atoms in total. The lowest BCUT2D eigenvalue weighted by Gasteiger charge is -2.23. The van der Waals surface area contributed by atoms with Crippen molar-refractivity contribution in [2.24, 2.45) is 5.92 Å². The molecule has 0 aliphatic heterocycles. The van der Waals surface area contributed by atoms with Crippen LogP contribution in [0.25, 0.3) is 11.5 Å². The van der Waals surface area contributed by atoms with Gasteiger partial charge in [0.2, 0.25) is 0 Å². The number of carbonyl (C=O) groups is 2. The van der Waals surface area contributed by atoms with E-state index in [1.165, 1.54) is 17.2 Å². The van der Waals surface area contributed by atoms with Gasteiger partial charge < -0.3 is 19.4 Å². The summed E-state index contributed by atoms with van der Waals surface area (Å²) in [6, 6.07) is 6.43. The van der Waals surface area contributed by atoms with Gasteiger partial charge in [0.05, 0.1) is 18.4 Å². The minimum atomic E-state index is -0.987. The summed E-state index contributed by atoms with van der Waals surface area (Å²) in [5.41, 5.74) is -0.0724. The van der Waals surface area contributed by atoms with Crippen molar-refractivity contribution in [2.45, 2.75) is 20.3 Å². The molecule has 0 spiro atoms. The third kappa shape index (κ3) is 4.34. The first-order chi connectivity index (χ1) is 11.4. The summed E-state index contributed by atoms with van der Waals surface area (Å²) in [5, 5.41) is 8.83. The van der Waals surface area contributed by atoms with Gasteiger partial charge in [-0.2, -0.15) is 0 Å². The Kier molecular flexibility index (Phi) is 5.57. The van der Waals surface area contributed by atoms with Crippen molar-refractivity contribution in [3.05, 3.63) is 46.4 Å². The molecule has 2 N–H and O–H groups in total. The molecule has 0 atom stereocenters. The maximum absolute atomic E-state index is 12.6. The summed E-state index contributed by atoms with van der Waals surface area (Å²) in [7, 11) is 0. The van der Waals surface area contributed by atoms with Gasteiger partial charge in [0.15, 0.2) is 0 Å². The van der Waals surface area contributed by atoms with Crippen LogP contribution in [0.5, 0.6) is 0 Å². The van der Waals surface area contributed by atoms with Crippen LogP contribution in [0.3, 0.4) is 0 Å². The van der Waals surface area contributed by atoms with Gasteiger partial charge in [-0.05, 0) is 30.2 Å². The van der Waals surface area contributed by atoms with Crippen LogP contribution in [-0.2, 0) is 4.79 Å². The molecule has 0 radical (unpaired) electrons. The van der Waals surface area contributed by atoms with E-state index >= 15 is 0 Å². The van der Waals surface area contributed by atoms with Crippen molar-refractivity contribution in [1.29, 1.82) is 0 Å². The molecule has 1 amide bonds. The number of hydrogen-bond donors (Lipinski definition) is 2. The second-order valence-corrected chi connectivity index (χ2v) is 5.88. The summed E-state index contributed by atoms with van der Waals surface area (Å²) in [6.45, 7) is 4.29. The minimum absolute atomic E-state index is 0.0173. The highest BCUT2D eigenvalue weighted by atomic mass is 16.4. The van der Waals surface area contributed by atoms with Crippen molar-refractivity contribution in [3.8, 4) is 11.5 Å².